The standard InChI is InChI=1S/C32H37ClN6O5/c1-19-37-38-31-25(18-28(41)34-15-4-3-5-16-35-32(43)23-7-6-8-27(40)30(23)42)36-29(20-9-11-21(33)12-10-20)24-17-22(44-2)13-14-26(24)39(19)31/h6-14,17,19,25,31,37-38,40,42H,3-5,15-16,18H2,1-2H3,(H,34,41)(H,35,43)/t19?,25-,31?/m0/s1. The summed E-state index contributed by atoms with van der Waals surface area (Å²) in [5.41, 5.74) is 10.2. The lowest BCUT2D eigenvalue weighted by Crippen LogP contribution is -2.47. The number of amides is 2. The van der Waals surface area contributed by atoms with Gasteiger partial charge in [0, 0.05) is 34.9 Å². The summed E-state index contributed by atoms with van der Waals surface area (Å²) in [5, 5.41) is 25.8. The van der Waals surface area contributed by atoms with Gasteiger partial charge in [-0.05, 0) is 68.7 Å². The number of hydrogen-bond donors (Lipinski definition) is 6. The number of carbonyl (C=O) groups excluding carboxylic acids is 2. The minimum absolute atomic E-state index is 0.0276. The van der Waals surface area contributed by atoms with Crippen LogP contribution in [0.5, 0.6) is 17.2 Å². The topological polar surface area (TPSA) is 148 Å². The van der Waals surface area contributed by atoms with Crippen molar-refractivity contribution in [1.29, 1.82) is 0 Å². The molecule has 5 rings (SSSR count). The van der Waals surface area contributed by atoms with Crippen LogP contribution in [-0.4, -0.2) is 66.3 Å². The summed E-state index contributed by atoms with van der Waals surface area (Å²) in [7, 11) is 1.63. The zero-order chi connectivity index (χ0) is 31.2. The maximum Gasteiger partial charge on any atom is 0.255 e. The summed E-state index contributed by atoms with van der Waals surface area (Å²) < 4.78 is 5.54. The first-order valence-electron chi connectivity index (χ1n) is 14.6. The van der Waals surface area contributed by atoms with E-state index >= 15 is 0 Å². The number of rotatable bonds is 11. The molecular formula is C32H37ClN6O5. The van der Waals surface area contributed by atoms with Crippen LogP contribution in [0.3, 0.4) is 0 Å². The number of benzene rings is 3. The van der Waals surface area contributed by atoms with Gasteiger partial charge in [0.25, 0.3) is 5.91 Å². The maximum atomic E-state index is 13.2. The number of carbonyl (C=O) groups is 2. The van der Waals surface area contributed by atoms with E-state index in [1.54, 1.807) is 7.11 Å². The fourth-order valence-electron chi connectivity index (χ4n) is 5.51. The number of para-hydroxylation sites is 1. The van der Waals surface area contributed by atoms with Crippen LogP contribution >= 0.6 is 11.6 Å². The van der Waals surface area contributed by atoms with Gasteiger partial charge in [0.15, 0.2) is 11.5 Å². The molecule has 0 aromatic heterocycles. The first-order chi connectivity index (χ1) is 21.3. The SMILES string of the molecule is COc1ccc2c(c1)C(c1ccc(Cl)cc1)=N[C@@H](CC(=O)NCCCCCNC(=O)c1cccc(O)c1O)C1NNC(C)N21. The van der Waals surface area contributed by atoms with Gasteiger partial charge in [-0.3, -0.25) is 14.6 Å². The van der Waals surface area contributed by atoms with Gasteiger partial charge in [-0.1, -0.05) is 29.8 Å². The van der Waals surface area contributed by atoms with Crippen molar-refractivity contribution in [2.75, 3.05) is 25.1 Å². The number of unbranched alkanes of at least 4 members (excludes halogenated alkanes) is 2. The number of nitrogens with zero attached hydrogens (tertiary/aromatic N) is 2. The number of anilines is 1. The molecule has 1 fully saturated rings. The van der Waals surface area contributed by atoms with E-state index in [0.29, 0.717) is 30.3 Å². The second kappa shape index (κ2) is 14.0. The molecule has 0 saturated carbocycles. The summed E-state index contributed by atoms with van der Waals surface area (Å²) in [5.74, 6) is -0.617. The van der Waals surface area contributed by atoms with Gasteiger partial charge >= 0.3 is 0 Å². The number of methoxy groups -OCH3 is 1. The number of phenolic OH excluding ortho intramolecular Hbond substituents is 2. The Kier molecular flexibility index (Phi) is 9.89. The third kappa shape index (κ3) is 6.91. The normalized spacial score (nSPS) is 18.9. The predicted molar refractivity (Wildman–Crippen MR) is 169 cm³/mol. The molecule has 2 heterocycles. The van der Waals surface area contributed by atoms with E-state index in [1.807, 2.05) is 42.5 Å². The molecule has 0 spiro atoms. The summed E-state index contributed by atoms with van der Waals surface area (Å²) in [6, 6.07) is 17.3. The summed E-state index contributed by atoms with van der Waals surface area (Å²) in [6.45, 7) is 2.96. The van der Waals surface area contributed by atoms with Gasteiger partial charge in [-0.15, -0.1) is 0 Å². The number of nitrogens with one attached hydrogen (secondary N) is 4. The average molecular weight is 621 g/mol. The molecule has 2 amide bonds. The van der Waals surface area contributed by atoms with Crippen molar-refractivity contribution in [3.8, 4) is 17.2 Å². The lowest BCUT2D eigenvalue weighted by molar-refractivity contribution is -0.121. The van der Waals surface area contributed by atoms with E-state index < -0.39 is 17.7 Å². The number of ether oxygens (including phenoxy) is 1. The second-order valence-electron chi connectivity index (χ2n) is 10.8. The molecule has 6 N–H and O–H groups in total. The Labute approximate surface area is 261 Å². The van der Waals surface area contributed by atoms with Crippen LogP contribution < -0.4 is 31.1 Å². The highest BCUT2D eigenvalue weighted by Crippen LogP contribution is 2.36. The number of phenols is 2. The van der Waals surface area contributed by atoms with Crippen LogP contribution in [0.15, 0.2) is 65.7 Å². The summed E-state index contributed by atoms with van der Waals surface area (Å²) in [6.07, 6.45) is 2.09. The van der Waals surface area contributed by atoms with Gasteiger partial charge in [0.05, 0.1) is 37.0 Å². The Balaban J connectivity index is 1.21. The highest BCUT2D eigenvalue weighted by molar-refractivity contribution is 6.30. The smallest absolute Gasteiger partial charge is 0.255 e. The quantitative estimate of drug-likeness (QED) is 0.141. The number of hydrazine groups is 1. The maximum absolute atomic E-state index is 13.2. The molecule has 12 heteroatoms. The van der Waals surface area contributed by atoms with Crippen LogP contribution in [0.1, 0.15) is 54.1 Å². The number of fused-ring (bicyclic) bond motifs is 3. The van der Waals surface area contributed by atoms with Crippen molar-refractivity contribution in [2.24, 2.45) is 4.99 Å². The van der Waals surface area contributed by atoms with Gasteiger partial charge in [0.2, 0.25) is 5.91 Å². The van der Waals surface area contributed by atoms with Crippen LogP contribution in [0.2, 0.25) is 5.02 Å². The Bertz CT molecular complexity index is 1530. The highest BCUT2D eigenvalue weighted by Gasteiger charge is 2.40. The molecule has 0 radical (unpaired) electrons. The van der Waals surface area contributed by atoms with Crippen molar-refractivity contribution in [1.82, 2.24) is 21.5 Å². The van der Waals surface area contributed by atoms with E-state index in [-0.39, 0.29) is 36.0 Å². The lowest BCUT2D eigenvalue weighted by Gasteiger charge is -2.31. The number of aromatic hydroxyl groups is 2. The zero-order valence-electron chi connectivity index (χ0n) is 24.6. The molecule has 0 aliphatic carbocycles. The molecule has 232 valence electrons. The summed E-state index contributed by atoms with van der Waals surface area (Å²) >= 11 is 6.19. The van der Waals surface area contributed by atoms with E-state index in [1.165, 1.54) is 18.2 Å². The Morgan fingerprint density at radius 1 is 1.00 bits per heavy atom. The monoisotopic (exact) mass is 620 g/mol. The second-order valence-corrected chi connectivity index (χ2v) is 11.2. The van der Waals surface area contributed by atoms with Gasteiger partial charge < -0.3 is 30.5 Å². The predicted octanol–water partition coefficient (Wildman–Crippen LogP) is 3.67. The highest BCUT2D eigenvalue weighted by atomic mass is 35.5. The first kappa shape index (κ1) is 31.1. The minimum atomic E-state index is -0.451. The van der Waals surface area contributed by atoms with Gasteiger partial charge in [-0.25, -0.2) is 10.9 Å². The first-order valence-corrected chi connectivity index (χ1v) is 15.0. The largest absolute Gasteiger partial charge is 0.504 e. The van der Waals surface area contributed by atoms with Crippen molar-refractivity contribution >= 4 is 34.8 Å². The number of hydrogen-bond acceptors (Lipinski definition) is 9. The number of aliphatic imine (C=N–C) groups is 1. The van der Waals surface area contributed by atoms with Gasteiger partial charge in [-0.2, -0.15) is 0 Å². The molecule has 0 bridgehead atoms. The Morgan fingerprint density at radius 2 is 1.75 bits per heavy atom. The molecule has 3 atom stereocenters. The van der Waals surface area contributed by atoms with Crippen molar-refractivity contribution in [3.05, 3.63) is 82.4 Å². The van der Waals surface area contributed by atoms with E-state index in [9.17, 15) is 19.8 Å². The van der Waals surface area contributed by atoms with Gasteiger partial charge in [0.1, 0.15) is 11.9 Å². The minimum Gasteiger partial charge on any atom is -0.504 e. The van der Waals surface area contributed by atoms with Crippen molar-refractivity contribution in [2.45, 2.75) is 51.0 Å². The third-order valence-electron chi connectivity index (χ3n) is 7.79. The van der Waals surface area contributed by atoms with Crippen LogP contribution in [0.25, 0.3) is 0 Å². The van der Waals surface area contributed by atoms with E-state index in [2.05, 4.69) is 33.3 Å². The molecule has 44 heavy (non-hydrogen) atoms. The molecule has 2 unspecified atom stereocenters. The fourth-order valence-corrected chi connectivity index (χ4v) is 5.64. The lowest BCUT2D eigenvalue weighted by atomic mass is 9.99. The van der Waals surface area contributed by atoms with Crippen molar-refractivity contribution in [3.63, 3.8) is 0 Å². The van der Waals surface area contributed by atoms with Crippen LogP contribution in [0.4, 0.5) is 5.69 Å². The van der Waals surface area contributed by atoms with Crippen LogP contribution in [-0.2, 0) is 4.79 Å². The molecule has 2 aliphatic heterocycles. The Morgan fingerprint density at radius 3 is 2.50 bits per heavy atom. The summed E-state index contributed by atoms with van der Waals surface area (Å²) in [4.78, 5) is 32.8. The molecule has 3 aromatic carbocycles. The zero-order valence-corrected chi connectivity index (χ0v) is 25.4. The molecular weight excluding hydrogens is 584 g/mol. The molecule has 3 aromatic rings. The fraction of sp³-hybridized carbons (Fsp3) is 0.344. The molecule has 1 saturated heterocycles. The van der Waals surface area contributed by atoms with E-state index in [4.69, 9.17) is 21.3 Å². The Hall–Kier alpha value is -4.32. The van der Waals surface area contributed by atoms with Crippen molar-refractivity contribution < 1.29 is 24.5 Å². The van der Waals surface area contributed by atoms with Crippen LogP contribution in [0, 0.1) is 0 Å². The van der Waals surface area contributed by atoms with E-state index in [0.717, 1.165) is 35.4 Å². The molecule has 11 nitrogen and oxygen atoms in total. The number of halogens is 1. The third-order valence-corrected chi connectivity index (χ3v) is 8.04. The molecule has 2 aliphatic rings. The average Bonchev–Trinajstić information content (AvgIpc) is 3.34.